The van der Waals surface area contributed by atoms with Crippen LogP contribution in [0.15, 0.2) is 0 Å². The molecule has 4 heteroatoms. The van der Waals surface area contributed by atoms with Crippen molar-refractivity contribution in [3.63, 3.8) is 0 Å². The van der Waals surface area contributed by atoms with E-state index in [0.717, 1.165) is 0 Å². The third-order valence-electron chi connectivity index (χ3n) is 0. The summed E-state index contributed by atoms with van der Waals surface area (Å²) in [5, 5.41) is 0. The Hall–Kier alpha value is 3.71. The smallest absolute Gasteiger partial charge is 0 e. The number of hydrogen-bond acceptors (Lipinski definition) is 0. The first-order valence-electron chi connectivity index (χ1n) is 0.286. The SMILES string of the molecule is I[I-]I.[Yb]. The van der Waals surface area contributed by atoms with E-state index in [9.17, 15) is 0 Å². The van der Waals surface area contributed by atoms with Crippen LogP contribution in [-0.2, 0) is 0 Å². The fourth-order valence-electron chi connectivity index (χ4n) is 0. The first-order chi connectivity index (χ1) is 1.41. The number of hydrogen-bond donors (Lipinski definition) is 0. The van der Waals surface area contributed by atoms with Crippen LogP contribution in [0.1, 0.15) is 0 Å². The molecule has 0 aliphatic carbocycles. The molecule has 0 aromatic rings. The van der Waals surface area contributed by atoms with Gasteiger partial charge >= 0.3 is 50.5 Å². The summed E-state index contributed by atoms with van der Waals surface area (Å²) >= 11 is 5.30. The minimum absolute atomic E-state index is 0. The van der Waals surface area contributed by atoms with Crippen LogP contribution in [0.2, 0.25) is 0 Å². The summed E-state index contributed by atoms with van der Waals surface area (Å²) in [6.45, 7) is 0. The van der Waals surface area contributed by atoms with Crippen LogP contribution >= 0.6 is 37.2 Å². The van der Waals surface area contributed by atoms with E-state index < -0.39 is 0 Å². The van der Waals surface area contributed by atoms with E-state index in [1.54, 1.807) is 0 Å². The van der Waals surface area contributed by atoms with Gasteiger partial charge < -0.3 is 0 Å². The number of halogens is 3. The summed E-state index contributed by atoms with van der Waals surface area (Å²) in [5.41, 5.74) is 0. The van der Waals surface area contributed by atoms with Crippen molar-refractivity contribution < 1.29 is 60.2 Å². The van der Waals surface area contributed by atoms with Gasteiger partial charge in [0.1, 0.15) is 0 Å². The Kier molecular flexibility index (Phi) is 26.2. The zero-order chi connectivity index (χ0) is 2.71. The zero-order valence-electron chi connectivity index (χ0n) is 1.40. The van der Waals surface area contributed by atoms with Gasteiger partial charge in [0.25, 0.3) is 0 Å². The van der Waals surface area contributed by atoms with Gasteiger partial charge in [-0.05, 0) is 0 Å². The molecule has 0 N–H and O–H groups in total. The molecule has 36 valence electrons. The molecule has 0 rings (SSSR count). The second-order valence-electron chi connectivity index (χ2n) is 0.0540. The fraction of sp³-hybridized carbons (Fsp3) is 0. The largest absolute Gasteiger partial charge is 0 e. The van der Waals surface area contributed by atoms with E-state index >= 15 is 0 Å². The normalized spacial score (nSPS) is 5.50. The van der Waals surface area contributed by atoms with Crippen LogP contribution in [0.4, 0.5) is 0 Å². The first-order valence-corrected chi connectivity index (χ1v) is 12.9. The van der Waals surface area contributed by atoms with Crippen LogP contribution < -0.4 is 13.3 Å². The Balaban J connectivity index is 0. The fourth-order valence-corrected chi connectivity index (χ4v) is 0. The van der Waals surface area contributed by atoms with Crippen molar-refractivity contribution in [1.82, 2.24) is 0 Å². The van der Waals surface area contributed by atoms with Crippen molar-refractivity contribution in [2.24, 2.45) is 0 Å². The van der Waals surface area contributed by atoms with Gasteiger partial charge in [0, 0.05) is 46.9 Å². The molecule has 0 radical (unpaired) electrons. The van der Waals surface area contributed by atoms with Gasteiger partial charge in [0.2, 0.25) is 0 Å². The van der Waals surface area contributed by atoms with Crippen LogP contribution in [0, 0.1) is 46.9 Å². The molecule has 0 aliphatic heterocycles. The van der Waals surface area contributed by atoms with Crippen molar-refractivity contribution in [2.45, 2.75) is 0 Å². The minimum Gasteiger partial charge on any atom is 0 e. The molecule has 0 amide bonds. The third-order valence-corrected chi connectivity index (χ3v) is 0. The molecular formula is I3Yb-. The van der Waals surface area contributed by atoms with Gasteiger partial charge in [-0.1, -0.05) is 0 Å². The Labute approximate surface area is 94.1 Å². The average Bonchev–Trinajstić information content (AvgIpc) is 0.918. The van der Waals surface area contributed by atoms with Crippen LogP contribution in [0.5, 0.6) is 0 Å². The average molecular weight is 554 g/mol. The predicted octanol–water partition coefficient (Wildman–Crippen LogP) is -1.22. The van der Waals surface area contributed by atoms with Gasteiger partial charge in [-0.2, -0.15) is 0 Å². The van der Waals surface area contributed by atoms with Gasteiger partial charge in [0.15, 0.2) is 0 Å². The van der Waals surface area contributed by atoms with E-state index in [4.69, 9.17) is 0 Å². The minimum atomic E-state index is 0. The summed E-state index contributed by atoms with van der Waals surface area (Å²) in [6, 6.07) is 0. The molecule has 0 spiro atoms. The summed E-state index contributed by atoms with van der Waals surface area (Å²) in [5.74, 6) is 0. The molecule has 4 heavy (non-hydrogen) atoms. The van der Waals surface area contributed by atoms with E-state index in [0.29, 0.717) is 13.3 Å². The van der Waals surface area contributed by atoms with Gasteiger partial charge in [-0.3, -0.25) is 0 Å². The molecule has 0 aliphatic rings. The second kappa shape index (κ2) is 9.86. The van der Waals surface area contributed by atoms with Gasteiger partial charge in [0.05, 0.1) is 0 Å². The zero-order valence-corrected chi connectivity index (χ0v) is 9.59. The van der Waals surface area contributed by atoms with Crippen LogP contribution in [0.3, 0.4) is 0 Å². The van der Waals surface area contributed by atoms with E-state index in [-0.39, 0.29) is 46.9 Å². The summed E-state index contributed by atoms with van der Waals surface area (Å²) in [4.78, 5) is 0. The quantitative estimate of drug-likeness (QED) is 0.330. The van der Waals surface area contributed by atoms with E-state index in [1.165, 1.54) is 0 Å². The van der Waals surface area contributed by atoms with Crippen molar-refractivity contribution >= 4 is 37.2 Å². The molecule has 0 aromatic carbocycles. The van der Waals surface area contributed by atoms with Crippen LogP contribution in [-0.4, -0.2) is 0 Å². The Morgan fingerprint density at radius 3 is 1.25 bits per heavy atom. The molecule has 0 bridgehead atoms. The molecular weight excluding hydrogens is 554 g/mol. The topological polar surface area (TPSA) is 0 Å². The Morgan fingerprint density at radius 2 is 1.25 bits per heavy atom. The summed E-state index contributed by atoms with van der Waals surface area (Å²) < 4.78 is 0. The Bertz CT molecular complexity index is 3.25. The van der Waals surface area contributed by atoms with Crippen molar-refractivity contribution in [3.8, 4) is 0 Å². The monoisotopic (exact) mass is 555 g/mol. The molecule has 0 aromatic heterocycles. The maximum absolute atomic E-state index is 2.39. The second-order valence-corrected chi connectivity index (χ2v) is 16.3. The molecule has 0 saturated heterocycles. The molecule has 0 nitrogen and oxygen atoms in total. The van der Waals surface area contributed by atoms with Crippen molar-refractivity contribution in [3.05, 3.63) is 0 Å². The molecule has 0 atom stereocenters. The molecule has 0 fully saturated rings. The summed E-state index contributed by atoms with van der Waals surface area (Å²) in [7, 11) is 0. The van der Waals surface area contributed by atoms with Gasteiger partial charge in [-0.15, -0.1) is 0 Å². The van der Waals surface area contributed by atoms with E-state index in [1.807, 2.05) is 0 Å². The van der Waals surface area contributed by atoms with Crippen molar-refractivity contribution in [2.75, 3.05) is 0 Å². The maximum atomic E-state index is 2.39. The molecule has 0 heterocycles. The molecule has 0 unspecified atom stereocenters. The standard InChI is InChI=1S/I3.Yb/c1-3-2;/q-1;. The third kappa shape index (κ3) is 9.20. The van der Waals surface area contributed by atoms with Crippen molar-refractivity contribution in [1.29, 1.82) is 0 Å². The maximum Gasteiger partial charge on any atom is 0 e. The van der Waals surface area contributed by atoms with Crippen LogP contribution in [0.25, 0.3) is 0 Å². The van der Waals surface area contributed by atoms with Gasteiger partial charge in [-0.25, -0.2) is 0 Å². The Morgan fingerprint density at radius 1 is 1.25 bits per heavy atom. The first kappa shape index (κ1) is 10.6. The predicted molar refractivity (Wildman–Crippen MR) is 28.0 cm³/mol. The number of rotatable bonds is 0. The molecule has 0 saturated carbocycles. The van der Waals surface area contributed by atoms with E-state index in [2.05, 4.69) is 37.2 Å². The summed E-state index contributed by atoms with van der Waals surface area (Å²) in [6.07, 6.45) is 0.